The van der Waals surface area contributed by atoms with E-state index >= 15 is 0 Å². The van der Waals surface area contributed by atoms with Crippen LogP contribution in [-0.2, 0) is 11.4 Å². The van der Waals surface area contributed by atoms with Gasteiger partial charge in [0.25, 0.3) is 5.91 Å². The molecule has 3 aromatic rings. The van der Waals surface area contributed by atoms with Crippen molar-refractivity contribution in [1.82, 2.24) is 0 Å². The molecule has 3 aromatic carbocycles. The molecule has 3 rings (SSSR count). The summed E-state index contributed by atoms with van der Waals surface area (Å²) in [5, 5.41) is 5.54. The van der Waals surface area contributed by atoms with E-state index in [1.807, 2.05) is 36.4 Å². The molecule has 0 aromatic heterocycles. The number of carbonyl (C=O) groups is 2. The lowest BCUT2D eigenvalue weighted by Gasteiger charge is -2.13. The molecule has 0 aliphatic heterocycles. The number of benzene rings is 3. The number of hydrogen-bond acceptors (Lipinski definition) is 3. The molecule has 0 atom stereocenters. The van der Waals surface area contributed by atoms with Crippen LogP contribution in [0.5, 0.6) is 5.75 Å². The van der Waals surface area contributed by atoms with Gasteiger partial charge in [-0.25, -0.2) is 0 Å². The summed E-state index contributed by atoms with van der Waals surface area (Å²) in [7, 11) is 0. The first-order valence-corrected chi connectivity index (χ1v) is 9.46. The maximum absolute atomic E-state index is 12.7. The van der Waals surface area contributed by atoms with Gasteiger partial charge in [-0.05, 0) is 42.0 Å². The molecule has 0 fully saturated rings. The van der Waals surface area contributed by atoms with Gasteiger partial charge in [0.1, 0.15) is 12.4 Å². The molecule has 0 bridgehead atoms. The second kappa shape index (κ2) is 9.19. The van der Waals surface area contributed by atoms with E-state index in [2.05, 4.69) is 26.6 Å². The van der Waals surface area contributed by atoms with E-state index in [0.29, 0.717) is 29.3 Å². The molecule has 0 aliphatic carbocycles. The van der Waals surface area contributed by atoms with Crippen LogP contribution < -0.4 is 15.4 Å². The molecular formula is C22H19BrN2O3. The minimum atomic E-state index is -0.296. The Morgan fingerprint density at radius 3 is 2.43 bits per heavy atom. The van der Waals surface area contributed by atoms with E-state index in [0.717, 1.165) is 10.0 Å². The third-order valence-electron chi connectivity index (χ3n) is 3.89. The van der Waals surface area contributed by atoms with E-state index < -0.39 is 0 Å². The fraction of sp³-hybridized carbons (Fsp3) is 0.0909. The molecule has 0 heterocycles. The third kappa shape index (κ3) is 5.44. The Labute approximate surface area is 171 Å². The second-order valence-corrected chi connectivity index (χ2v) is 7.04. The lowest BCUT2D eigenvalue weighted by Crippen LogP contribution is -2.15. The molecule has 2 amide bonds. The van der Waals surface area contributed by atoms with Crippen molar-refractivity contribution < 1.29 is 14.3 Å². The largest absolute Gasteiger partial charge is 0.489 e. The zero-order chi connectivity index (χ0) is 19.9. The van der Waals surface area contributed by atoms with E-state index in [1.165, 1.54) is 6.92 Å². The van der Waals surface area contributed by atoms with Crippen LogP contribution in [-0.4, -0.2) is 11.8 Å². The van der Waals surface area contributed by atoms with Crippen LogP contribution in [0.4, 0.5) is 11.4 Å². The van der Waals surface area contributed by atoms with Crippen LogP contribution >= 0.6 is 15.9 Å². The number of carbonyl (C=O) groups excluding carboxylic acids is 2. The van der Waals surface area contributed by atoms with Gasteiger partial charge in [0, 0.05) is 17.0 Å². The van der Waals surface area contributed by atoms with E-state index in [9.17, 15) is 9.59 Å². The van der Waals surface area contributed by atoms with Gasteiger partial charge in [-0.15, -0.1) is 0 Å². The first-order chi connectivity index (χ1) is 13.5. The average Bonchev–Trinajstić information content (AvgIpc) is 2.69. The van der Waals surface area contributed by atoms with Gasteiger partial charge < -0.3 is 15.4 Å². The Hall–Kier alpha value is -3.12. The average molecular weight is 439 g/mol. The molecule has 2 N–H and O–H groups in total. The summed E-state index contributed by atoms with van der Waals surface area (Å²) in [5.41, 5.74) is 2.54. The fourth-order valence-electron chi connectivity index (χ4n) is 2.58. The van der Waals surface area contributed by atoms with Crippen LogP contribution in [0.15, 0.2) is 77.3 Å². The summed E-state index contributed by atoms with van der Waals surface area (Å²) in [6.45, 7) is 1.84. The number of anilines is 2. The van der Waals surface area contributed by atoms with Crippen molar-refractivity contribution in [3.8, 4) is 5.75 Å². The number of rotatable bonds is 6. The summed E-state index contributed by atoms with van der Waals surface area (Å²) in [6, 6.07) is 22.0. The lowest BCUT2D eigenvalue weighted by molar-refractivity contribution is -0.114. The molecule has 0 saturated carbocycles. The zero-order valence-corrected chi connectivity index (χ0v) is 16.8. The standard InChI is InChI=1S/C22H19BrN2O3/c1-15(26)24-20-11-10-18(23)13-21(20)25-22(27)17-8-5-9-19(12-17)28-14-16-6-3-2-4-7-16/h2-13H,14H2,1H3,(H,24,26)(H,25,27). The summed E-state index contributed by atoms with van der Waals surface area (Å²) in [4.78, 5) is 24.1. The van der Waals surface area contributed by atoms with Crippen LogP contribution in [0.1, 0.15) is 22.8 Å². The van der Waals surface area contributed by atoms with E-state index in [1.54, 1.807) is 36.4 Å². The number of halogens is 1. The van der Waals surface area contributed by atoms with Crippen molar-refractivity contribution in [3.63, 3.8) is 0 Å². The summed E-state index contributed by atoms with van der Waals surface area (Å²) < 4.78 is 6.57. The first-order valence-electron chi connectivity index (χ1n) is 8.66. The molecule has 5 nitrogen and oxygen atoms in total. The predicted octanol–water partition coefficient (Wildman–Crippen LogP) is 5.24. The van der Waals surface area contributed by atoms with Gasteiger partial charge in [0.05, 0.1) is 11.4 Å². The quantitative estimate of drug-likeness (QED) is 0.552. The Balaban J connectivity index is 1.73. The van der Waals surface area contributed by atoms with Gasteiger partial charge >= 0.3 is 0 Å². The van der Waals surface area contributed by atoms with Gasteiger partial charge in [-0.2, -0.15) is 0 Å². The predicted molar refractivity (Wildman–Crippen MR) is 114 cm³/mol. The van der Waals surface area contributed by atoms with E-state index in [4.69, 9.17) is 4.74 Å². The first kappa shape index (κ1) is 19.6. The summed E-state index contributed by atoms with van der Waals surface area (Å²) in [5.74, 6) is 0.0943. The smallest absolute Gasteiger partial charge is 0.255 e. The fourth-order valence-corrected chi connectivity index (χ4v) is 2.94. The van der Waals surface area contributed by atoms with Crippen molar-refractivity contribution in [2.45, 2.75) is 13.5 Å². The van der Waals surface area contributed by atoms with Gasteiger partial charge in [0.15, 0.2) is 0 Å². The molecular weight excluding hydrogens is 420 g/mol. The Morgan fingerprint density at radius 1 is 0.893 bits per heavy atom. The Kier molecular flexibility index (Phi) is 6.45. The third-order valence-corrected chi connectivity index (χ3v) is 4.38. The summed E-state index contributed by atoms with van der Waals surface area (Å²) in [6.07, 6.45) is 0. The molecule has 0 saturated heterocycles. The molecule has 0 radical (unpaired) electrons. The monoisotopic (exact) mass is 438 g/mol. The highest BCUT2D eigenvalue weighted by Gasteiger charge is 2.12. The van der Waals surface area contributed by atoms with Crippen LogP contribution in [0.3, 0.4) is 0 Å². The number of ether oxygens (including phenoxy) is 1. The van der Waals surface area contributed by atoms with Gasteiger partial charge in [0.2, 0.25) is 5.91 Å². The lowest BCUT2D eigenvalue weighted by atomic mass is 10.2. The van der Waals surface area contributed by atoms with Crippen molar-refractivity contribution >= 4 is 39.1 Å². The number of nitrogens with one attached hydrogen (secondary N) is 2. The molecule has 0 spiro atoms. The maximum atomic E-state index is 12.7. The normalized spacial score (nSPS) is 10.2. The van der Waals surface area contributed by atoms with Crippen molar-refractivity contribution in [1.29, 1.82) is 0 Å². The minimum absolute atomic E-state index is 0.214. The van der Waals surface area contributed by atoms with Crippen LogP contribution in [0.25, 0.3) is 0 Å². The number of amides is 2. The minimum Gasteiger partial charge on any atom is -0.489 e. The van der Waals surface area contributed by atoms with Crippen molar-refractivity contribution in [2.75, 3.05) is 10.6 Å². The Morgan fingerprint density at radius 2 is 1.68 bits per heavy atom. The van der Waals surface area contributed by atoms with Crippen molar-refractivity contribution in [2.24, 2.45) is 0 Å². The zero-order valence-electron chi connectivity index (χ0n) is 15.2. The molecule has 142 valence electrons. The molecule has 28 heavy (non-hydrogen) atoms. The second-order valence-electron chi connectivity index (χ2n) is 6.13. The highest BCUT2D eigenvalue weighted by molar-refractivity contribution is 9.10. The van der Waals surface area contributed by atoms with Crippen LogP contribution in [0, 0.1) is 0 Å². The van der Waals surface area contributed by atoms with Crippen molar-refractivity contribution in [3.05, 3.63) is 88.4 Å². The Bertz CT molecular complexity index is 990. The molecule has 0 unspecified atom stereocenters. The van der Waals surface area contributed by atoms with Gasteiger partial charge in [-0.1, -0.05) is 52.3 Å². The van der Waals surface area contributed by atoms with Crippen LogP contribution in [0.2, 0.25) is 0 Å². The maximum Gasteiger partial charge on any atom is 0.255 e. The molecule has 0 aliphatic rings. The highest BCUT2D eigenvalue weighted by atomic mass is 79.9. The SMILES string of the molecule is CC(=O)Nc1ccc(Br)cc1NC(=O)c1cccc(OCc2ccccc2)c1. The highest BCUT2D eigenvalue weighted by Crippen LogP contribution is 2.27. The summed E-state index contributed by atoms with van der Waals surface area (Å²) >= 11 is 3.38. The van der Waals surface area contributed by atoms with Gasteiger partial charge in [-0.3, -0.25) is 9.59 Å². The topological polar surface area (TPSA) is 67.4 Å². The molecule has 6 heteroatoms. The number of hydrogen-bond donors (Lipinski definition) is 2. The van der Waals surface area contributed by atoms with E-state index in [-0.39, 0.29) is 11.8 Å².